The second-order valence-corrected chi connectivity index (χ2v) is 6.14. The lowest BCUT2D eigenvalue weighted by atomic mass is 9.73. The van der Waals surface area contributed by atoms with Crippen LogP contribution in [0.5, 0.6) is 0 Å². The van der Waals surface area contributed by atoms with Crippen molar-refractivity contribution in [3.05, 3.63) is 46.7 Å². The van der Waals surface area contributed by atoms with Crippen LogP contribution in [0.2, 0.25) is 0 Å². The van der Waals surface area contributed by atoms with Gasteiger partial charge >= 0.3 is 0 Å². The molecule has 1 heterocycles. The van der Waals surface area contributed by atoms with Crippen LogP contribution < -0.4 is 0 Å². The van der Waals surface area contributed by atoms with Crippen molar-refractivity contribution in [1.29, 1.82) is 0 Å². The normalized spacial score (nSPS) is 22.7. The number of Topliss-reactive ketones (excluding diaryl/α,β-unsaturated/α-hetero) is 3. The topological polar surface area (TPSA) is 60.4 Å². The summed E-state index contributed by atoms with van der Waals surface area (Å²) in [6.07, 6.45) is -0.279. The zero-order chi connectivity index (χ0) is 15.4. The average Bonchev–Trinajstić information content (AvgIpc) is 2.68. The van der Waals surface area contributed by atoms with E-state index in [4.69, 9.17) is 4.74 Å². The summed E-state index contributed by atoms with van der Waals surface area (Å²) < 4.78 is 5.72. The van der Waals surface area contributed by atoms with Crippen molar-refractivity contribution < 1.29 is 19.1 Å². The van der Waals surface area contributed by atoms with E-state index in [0.717, 1.165) is 0 Å². The first-order chi connectivity index (χ1) is 9.84. The van der Waals surface area contributed by atoms with Gasteiger partial charge in [0.1, 0.15) is 11.9 Å². The highest BCUT2D eigenvalue weighted by atomic mass is 16.5. The SMILES string of the molecule is CC(=O)CC1OC2=C(C(=O)c3ccccc3C2=O)C1(C)C. The van der Waals surface area contributed by atoms with Crippen LogP contribution in [-0.2, 0) is 9.53 Å². The summed E-state index contributed by atoms with van der Waals surface area (Å²) in [6.45, 7) is 5.18. The Bertz CT molecular complexity index is 709. The molecule has 1 aromatic carbocycles. The highest BCUT2D eigenvalue weighted by molar-refractivity contribution is 6.27. The fourth-order valence-electron chi connectivity index (χ4n) is 3.06. The molecule has 0 aromatic heterocycles. The third kappa shape index (κ3) is 1.86. The van der Waals surface area contributed by atoms with Crippen LogP contribution in [0.1, 0.15) is 47.9 Å². The lowest BCUT2D eigenvalue weighted by Crippen LogP contribution is -2.32. The summed E-state index contributed by atoms with van der Waals surface area (Å²) in [6, 6.07) is 6.76. The monoisotopic (exact) mass is 284 g/mol. The number of benzene rings is 1. The molecule has 0 saturated heterocycles. The summed E-state index contributed by atoms with van der Waals surface area (Å²) in [5, 5.41) is 0. The van der Waals surface area contributed by atoms with Gasteiger partial charge in [0, 0.05) is 23.0 Å². The van der Waals surface area contributed by atoms with Gasteiger partial charge in [0.2, 0.25) is 5.78 Å². The number of fused-ring (bicyclic) bond motifs is 1. The fraction of sp³-hybridized carbons (Fsp3) is 0.353. The number of ether oxygens (including phenoxy) is 1. The molecule has 0 N–H and O–H groups in total. The molecular formula is C17H16O4. The third-order valence-electron chi connectivity index (χ3n) is 4.26. The van der Waals surface area contributed by atoms with Crippen molar-refractivity contribution in [2.24, 2.45) is 5.41 Å². The largest absolute Gasteiger partial charge is 0.484 e. The quantitative estimate of drug-likeness (QED) is 0.837. The van der Waals surface area contributed by atoms with Gasteiger partial charge in [-0.2, -0.15) is 0 Å². The number of hydrogen-bond donors (Lipinski definition) is 0. The van der Waals surface area contributed by atoms with E-state index >= 15 is 0 Å². The molecule has 0 bridgehead atoms. The van der Waals surface area contributed by atoms with E-state index in [-0.39, 0.29) is 29.5 Å². The molecule has 0 fully saturated rings. The van der Waals surface area contributed by atoms with Gasteiger partial charge in [0.25, 0.3) is 0 Å². The van der Waals surface area contributed by atoms with Gasteiger partial charge in [0.05, 0.1) is 5.57 Å². The Morgan fingerprint density at radius 3 is 2.29 bits per heavy atom. The summed E-state index contributed by atoms with van der Waals surface area (Å²) in [5.74, 6) is -0.337. The van der Waals surface area contributed by atoms with E-state index in [1.807, 2.05) is 13.8 Å². The maximum atomic E-state index is 12.7. The van der Waals surface area contributed by atoms with E-state index in [1.165, 1.54) is 6.92 Å². The Morgan fingerprint density at radius 2 is 1.71 bits per heavy atom. The van der Waals surface area contributed by atoms with Gasteiger partial charge in [0.15, 0.2) is 11.5 Å². The van der Waals surface area contributed by atoms with Crippen LogP contribution in [-0.4, -0.2) is 23.5 Å². The minimum Gasteiger partial charge on any atom is -0.484 e. The molecule has 4 nitrogen and oxygen atoms in total. The number of carbonyl (C=O) groups is 3. The molecule has 0 amide bonds. The van der Waals surface area contributed by atoms with Crippen LogP contribution in [0.3, 0.4) is 0 Å². The lowest BCUT2D eigenvalue weighted by molar-refractivity contribution is -0.119. The number of carbonyl (C=O) groups excluding carboxylic acids is 3. The molecule has 2 aliphatic rings. The standard InChI is InChI=1S/C17H16O4/c1-9(18)8-12-17(2,3)13-14(19)10-6-4-5-7-11(10)15(20)16(13)21-12/h4-7,12H,8H2,1-3H3. The molecule has 1 unspecified atom stereocenters. The molecule has 1 aromatic rings. The summed E-state index contributed by atoms with van der Waals surface area (Å²) in [5.41, 5.74) is 0.542. The minimum absolute atomic E-state index is 0.0228. The van der Waals surface area contributed by atoms with Crippen LogP contribution in [0.4, 0.5) is 0 Å². The van der Waals surface area contributed by atoms with Gasteiger partial charge in [-0.05, 0) is 6.92 Å². The van der Waals surface area contributed by atoms with Gasteiger partial charge in [-0.3, -0.25) is 14.4 Å². The Hall–Kier alpha value is -2.23. The van der Waals surface area contributed by atoms with Crippen molar-refractivity contribution in [3.8, 4) is 0 Å². The molecular weight excluding hydrogens is 268 g/mol. The second kappa shape index (κ2) is 4.38. The van der Waals surface area contributed by atoms with E-state index < -0.39 is 11.5 Å². The summed E-state index contributed by atoms with van der Waals surface area (Å²) >= 11 is 0. The van der Waals surface area contributed by atoms with Crippen molar-refractivity contribution in [2.45, 2.75) is 33.3 Å². The number of hydrogen-bond acceptors (Lipinski definition) is 4. The van der Waals surface area contributed by atoms with E-state index in [2.05, 4.69) is 0 Å². The molecule has 108 valence electrons. The van der Waals surface area contributed by atoms with Gasteiger partial charge in [-0.25, -0.2) is 0 Å². The molecule has 4 heteroatoms. The van der Waals surface area contributed by atoms with Crippen LogP contribution in [0, 0.1) is 5.41 Å². The average molecular weight is 284 g/mol. The Balaban J connectivity index is 2.11. The number of rotatable bonds is 2. The maximum Gasteiger partial charge on any atom is 0.228 e. The zero-order valence-corrected chi connectivity index (χ0v) is 12.2. The van der Waals surface area contributed by atoms with Gasteiger partial charge in [-0.15, -0.1) is 0 Å². The zero-order valence-electron chi connectivity index (χ0n) is 12.2. The molecule has 0 spiro atoms. The molecule has 1 aliphatic heterocycles. The third-order valence-corrected chi connectivity index (χ3v) is 4.26. The second-order valence-electron chi connectivity index (χ2n) is 6.14. The maximum absolute atomic E-state index is 12.7. The van der Waals surface area contributed by atoms with Crippen molar-refractivity contribution in [3.63, 3.8) is 0 Å². The predicted octanol–water partition coefficient (Wildman–Crippen LogP) is 2.72. The van der Waals surface area contributed by atoms with E-state index in [9.17, 15) is 14.4 Å². The number of allylic oxidation sites excluding steroid dienone is 1. The van der Waals surface area contributed by atoms with Crippen molar-refractivity contribution in [2.75, 3.05) is 0 Å². The summed E-state index contributed by atoms with van der Waals surface area (Å²) in [4.78, 5) is 36.7. The van der Waals surface area contributed by atoms with Gasteiger partial charge in [-0.1, -0.05) is 38.1 Å². The molecule has 1 aliphatic carbocycles. The fourth-order valence-corrected chi connectivity index (χ4v) is 3.06. The highest BCUT2D eigenvalue weighted by Gasteiger charge is 2.51. The molecule has 0 radical (unpaired) electrons. The smallest absolute Gasteiger partial charge is 0.228 e. The minimum atomic E-state index is -0.652. The van der Waals surface area contributed by atoms with Crippen molar-refractivity contribution in [1.82, 2.24) is 0 Å². The first-order valence-electron chi connectivity index (χ1n) is 6.93. The molecule has 3 rings (SSSR count). The van der Waals surface area contributed by atoms with Crippen LogP contribution >= 0.6 is 0 Å². The van der Waals surface area contributed by atoms with Gasteiger partial charge < -0.3 is 4.74 Å². The Labute approximate surface area is 122 Å². The first-order valence-corrected chi connectivity index (χ1v) is 6.93. The molecule has 0 saturated carbocycles. The summed E-state index contributed by atoms with van der Waals surface area (Å²) in [7, 11) is 0. The molecule has 21 heavy (non-hydrogen) atoms. The van der Waals surface area contributed by atoms with Crippen LogP contribution in [0.15, 0.2) is 35.6 Å². The van der Waals surface area contributed by atoms with E-state index in [0.29, 0.717) is 16.7 Å². The Morgan fingerprint density at radius 1 is 1.14 bits per heavy atom. The van der Waals surface area contributed by atoms with Crippen LogP contribution in [0.25, 0.3) is 0 Å². The highest BCUT2D eigenvalue weighted by Crippen LogP contribution is 2.48. The Kier molecular flexibility index (Phi) is 2.87. The van der Waals surface area contributed by atoms with Crippen molar-refractivity contribution >= 4 is 17.3 Å². The predicted molar refractivity (Wildman–Crippen MR) is 76.1 cm³/mol. The number of ketones is 3. The van der Waals surface area contributed by atoms with E-state index in [1.54, 1.807) is 24.3 Å². The lowest BCUT2D eigenvalue weighted by Gasteiger charge is -2.27. The molecule has 1 atom stereocenters. The first kappa shape index (κ1) is 13.7.